The Morgan fingerprint density at radius 2 is 1.96 bits per heavy atom. The van der Waals surface area contributed by atoms with Crippen LogP contribution in [0, 0.1) is 0 Å². The van der Waals surface area contributed by atoms with Crippen LogP contribution < -0.4 is 9.47 Å². The molecule has 0 saturated heterocycles. The number of hydrogen-bond acceptors (Lipinski definition) is 4. The first-order chi connectivity index (χ1) is 10.8. The van der Waals surface area contributed by atoms with Crippen molar-refractivity contribution in [3.63, 3.8) is 0 Å². The largest absolute Gasteiger partial charge is 0.486 e. The van der Waals surface area contributed by atoms with Crippen LogP contribution >= 0.6 is 11.6 Å². The van der Waals surface area contributed by atoms with Crippen molar-refractivity contribution in [2.45, 2.75) is 13.1 Å². The standard InChI is InChI=1S/C15H11ClF3NO3/c1-9(21)8-22-11-3-2-4-12(6-11)23-14-13(16)5-10(7-20-14)15(17,18)19/h2-7H,8H2,1H3. The maximum absolute atomic E-state index is 12.5. The number of pyridine rings is 1. The average Bonchev–Trinajstić information content (AvgIpc) is 2.46. The van der Waals surface area contributed by atoms with E-state index in [1.54, 1.807) is 18.2 Å². The van der Waals surface area contributed by atoms with E-state index in [2.05, 4.69) is 4.98 Å². The van der Waals surface area contributed by atoms with E-state index in [0.717, 1.165) is 6.07 Å². The van der Waals surface area contributed by atoms with Crippen LogP contribution in [-0.4, -0.2) is 17.4 Å². The van der Waals surface area contributed by atoms with Crippen LogP contribution in [0.2, 0.25) is 5.02 Å². The summed E-state index contributed by atoms with van der Waals surface area (Å²) in [5, 5.41) is -0.269. The first-order valence-corrected chi connectivity index (χ1v) is 6.76. The van der Waals surface area contributed by atoms with E-state index in [4.69, 9.17) is 21.1 Å². The van der Waals surface area contributed by atoms with Gasteiger partial charge in [0.2, 0.25) is 5.88 Å². The second kappa shape index (κ2) is 6.87. The van der Waals surface area contributed by atoms with Crippen molar-refractivity contribution in [1.29, 1.82) is 0 Å². The van der Waals surface area contributed by atoms with Gasteiger partial charge < -0.3 is 9.47 Å². The zero-order valence-corrected chi connectivity index (χ0v) is 12.6. The molecule has 2 rings (SSSR count). The fraction of sp³-hybridized carbons (Fsp3) is 0.200. The summed E-state index contributed by atoms with van der Waals surface area (Å²) >= 11 is 5.76. The van der Waals surface area contributed by atoms with E-state index in [9.17, 15) is 18.0 Å². The number of ether oxygens (including phenoxy) is 2. The predicted octanol–water partition coefficient (Wildman–Crippen LogP) is 4.51. The smallest absolute Gasteiger partial charge is 0.417 e. The van der Waals surface area contributed by atoms with E-state index in [1.807, 2.05) is 0 Å². The lowest BCUT2D eigenvalue weighted by Gasteiger charge is -2.11. The summed E-state index contributed by atoms with van der Waals surface area (Å²) in [4.78, 5) is 14.4. The molecule has 0 atom stereocenters. The minimum atomic E-state index is -4.53. The summed E-state index contributed by atoms with van der Waals surface area (Å²) in [6.07, 6.45) is -3.90. The Morgan fingerprint density at radius 3 is 2.57 bits per heavy atom. The zero-order valence-electron chi connectivity index (χ0n) is 11.9. The van der Waals surface area contributed by atoms with Gasteiger partial charge in [0.05, 0.1) is 5.56 Å². The predicted molar refractivity (Wildman–Crippen MR) is 76.9 cm³/mol. The number of alkyl halides is 3. The van der Waals surface area contributed by atoms with Gasteiger partial charge in [0.25, 0.3) is 0 Å². The lowest BCUT2D eigenvalue weighted by molar-refractivity contribution is -0.137. The molecule has 0 aliphatic rings. The van der Waals surface area contributed by atoms with Gasteiger partial charge in [-0.05, 0) is 25.1 Å². The Bertz CT molecular complexity index is 719. The van der Waals surface area contributed by atoms with Crippen LogP contribution in [0.4, 0.5) is 13.2 Å². The number of nitrogens with zero attached hydrogens (tertiary/aromatic N) is 1. The van der Waals surface area contributed by atoms with Gasteiger partial charge in [-0.15, -0.1) is 0 Å². The Kier molecular flexibility index (Phi) is 5.10. The summed E-state index contributed by atoms with van der Waals surface area (Å²) in [7, 11) is 0. The number of halogens is 4. The summed E-state index contributed by atoms with van der Waals surface area (Å²) in [6.45, 7) is 1.29. The third kappa shape index (κ3) is 4.85. The number of carbonyl (C=O) groups excluding carboxylic acids is 1. The fourth-order valence-electron chi connectivity index (χ4n) is 1.58. The normalized spacial score (nSPS) is 11.2. The second-order valence-corrected chi connectivity index (χ2v) is 4.98. The molecule has 0 N–H and O–H groups in total. The molecular weight excluding hydrogens is 335 g/mol. The number of Topliss-reactive ketones (excluding diaryl/α,β-unsaturated/α-hetero) is 1. The minimum absolute atomic E-state index is 0.0945. The molecule has 0 fully saturated rings. The highest BCUT2D eigenvalue weighted by Gasteiger charge is 2.31. The van der Waals surface area contributed by atoms with Crippen molar-refractivity contribution in [2.75, 3.05) is 6.61 Å². The van der Waals surface area contributed by atoms with E-state index in [-0.39, 0.29) is 29.0 Å². The maximum atomic E-state index is 12.5. The van der Waals surface area contributed by atoms with Crippen LogP contribution in [0.25, 0.3) is 0 Å². The Morgan fingerprint density at radius 1 is 1.26 bits per heavy atom. The SMILES string of the molecule is CC(=O)COc1cccc(Oc2ncc(C(F)(F)F)cc2Cl)c1. The molecule has 0 aliphatic heterocycles. The number of hydrogen-bond donors (Lipinski definition) is 0. The zero-order chi connectivity index (χ0) is 17.0. The molecule has 1 heterocycles. The third-order valence-electron chi connectivity index (χ3n) is 2.60. The van der Waals surface area contributed by atoms with Gasteiger partial charge in [-0.1, -0.05) is 17.7 Å². The highest BCUT2D eigenvalue weighted by atomic mass is 35.5. The van der Waals surface area contributed by atoms with Crippen molar-refractivity contribution in [3.8, 4) is 17.4 Å². The topological polar surface area (TPSA) is 48.4 Å². The van der Waals surface area contributed by atoms with Gasteiger partial charge in [-0.3, -0.25) is 4.79 Å². The van der Waals surface area contributed by atoms with Gasteiger partial charge in [-0.2, -0.15) is 13.2 Å². The van der Waals surface area contributed by atoms with Crippen LogP contribution in [0.1, 0.15) is 12.5 Å². The molecule has 0 spiro atoms. The molecular formula is C15H11ClF3NO3. The quantitative estimate of drug-likeness (QED) is 0.799. The molecule has 0 bridgehead atoms. The molecule has 0 aliphatic carbocycles. The molecule has 8 heteroatoms. The summed E-state index contributed by atoms with van der Waals surface area (Å²) in [5.41, 5.74) is -0.964. The van der Waals surface area contributed by atoms with Gasteiger partial charge in [0, 0.05) is 12.3 Å². The highest BCUT2D eigenvalue weighted by molar-refractivity contribution is 6.31. The second-order valence-electron chi connectivity index (χ2n) is 4.58. The van der Waals surface area contributed by atoms with Crippen molar-refractivity contribution in [1.82, 2.24) is 4.98 Å². The molecule has 0 radical (unpaired) electrons. The van der Waals surface area contributed by atoms with Gasteiger partial charge in [0.15, 0.2) is 5.78 Å². The minimum Gasteiger partial charge on any atom is -0.486 e. The molecule has 122 valence electrons. The van der Waals surface area contributed by atoms with Crippen LogP contribution in [0.3, 0.4) is 0 Å². The average molecular weight is 346 g/mol. The van der Waals surface area contributed by atoms with Crippen molar-refractivity contribution < 1.29 is 27.4 Å². The Hall–Kier alpha value is -2.28. The van der Waals surface area contributed by atoms with Crippen molar-refractivity contribution in [3.05, 3.63) is 47.1 Å². The molecule has 0 unspecified atom stereocenters. The number of ketones is 1. The first-order valence-electron chi connectivity index (χ1n) is 6.38. The molecule has 0 amide bonds. The first kappa shape index (κ1) is 17.1. The van der Waals surface area contributed by atoms with Gasteiger partial charge >= 0.3 is 6.18 Å². The van der Waals surface area contributed by atoms with Crippen molar-refractivity contribution >= 4 is 17.4 Å². The number of benzene rings is 1. The Balaban J connectivity index is 2.16. The Labute approximate surface area is 134 Å². The van der Waals surface area contributed by atoms with E-state index in [0.29, 0.717) is 11.9 Å². The molecule has 1 aromatic heterocycles. The third-order valence-corrected chi connectivity index (χ3v) is 2.87. The summed E-state index contributed by atoms with van der Waals surface area (Å²) in [5.74, 6) is 0.327. The lowest BCUT2D eigenvalue weighted by atomic mass is 10.3. The number of carbonyl (C=O) groups is 1. The van der Waals surface area contributed by atoms with Crippen LogP contribution in [0.5, 0.6) is 17.4 Å². The lowest BCUT2D eigenvalue weighted by Crippen LogP contribution is -2.06. The fourth-order valence-corrected chi connectivity index (χ4v) is 1.78. The molecule has 0 saturated carbocycles. The van der Waals surface area contributed by atoms with Gasteiger partial charge in [0.1, 0.15) is 23.1 Å². The molecule has 4 nitrogen and oxygen atoms in total. The highest BCUT2D eigenvalue weighted by Crippen LogP contribution is 2.35. The van der Waals surface area contributed by atoms with Crippen LogP contribution in [-0.2, 0) is 11.0 Å². The summed E-state index contributed by atoms with van der Waals surface area (Å²) in [6, 6.07) is 6.97. The van der Waals surface area contributed by atoms with E-state index in [1.165, 1.54) is 13.0 Å². The monoisotopic (exact) mass is 345 g/mol. The molecule has 1 aromatic carbocycles. The number of rotatable bonds is 5. The molecule has 2 aromatic rings. The van der Waals surface area contributed by atoms with Crippen LogP contribution in [0.15, 0.2) is 36.5 Å². The van der Waals surface area contributed by atoms with E-state index < -0.39 is 11.7 Å². The van der Waals surface area contributed by atoms with E-state index >= 15 is 0 Å². The maximum Gasteiger partial charge on any atom is 0.417 e. The molecule has 23 heavy (non-hydrogen) atoms. The number of aromatic nitrogens is 1. The van der Waals surface area contributed by atoms with Crippen molar-refractivity contribution in [2.24, 2.45) is 0 Å². The van der Waals surface area contributed by atoms with Gasteiger partial charge in [-0.25, -0.2) is 4.98 Å². The summed E-state index contributed by atoms with van der Waals surface area (Å²) < 4.78 is 48.2.